The van der Waals surface area contributed by atoms with E-state index >= 15 is 0 Å². The normalized spacial score (nSPS) is 17.6. The van der Waals surface area contributed by atoms with Gasteiger partial charge in [-0.2, -0.15) is 0 Å². The molecule has 1 aliphatic rings. The first-order valence-electron chi connectivity index (χ1n) is 4.05. The molecule has 0 aliphatic heterocycles. The van der Waals surface area contributed by atoms with Crippen molar-refractivity contribution < 1.29 is 0 Å². The third kappa shape index (κ3) is 1.31. The van der Waals surface area contributed by atoms with Crippen LogP contribution in [-0.4, -0.2) is 0 Å². The minimum absolute atomic E-state index is 0.685. The standard InChI is InChI=1S/C10H15/c1-4-9-6-5-7-10(9)8(2)3/h7-8H,4-5H2,1-3H3. The van der Waals surface area contributed by atoms with E-state index in [2.05, 4.69) is 32.9 Å². The highest BCUT2D eigenvalue weighted by atomic mass is 14.2. The van der Waals surface area contributed by atoms with Crippen LogP contribution in [0.5, 0.6) is 0 Å². The van der Waals surface area contributed by atoms with Crippen molar-refractivity contribution in [2.24, 2.45) is 5.92 Å². The zero-order valence-electron chi connectivity index (χ0n) is 7.07. The lowest BCUT2D eigenvalue weighted by Gasteiger charge is -2.09. The average Bonchev–Trinajstić information content (AvgIpc) is 2.33. The second kappa shape index (κ2) is 3.05. The minimum Gasteiger partial charge on any atom is -0.0763 e. The van der Waals surface area contributed by atoms with E-state index in [0.717, 1.165) is 12.8 Å². The highest BCUT2D eigenvalue weighted by molar-refractivity contribution is 5.35. The van der Waals surface area contributed by atoms with E-state index in [-0.39, 0.29) is 0 Å². The Morgan fingerprint density at radius 1 is 1.60 bits per heavy atom. The van der Waals surface area contributed by atoms with Crippen molar-refractivity contribution in [3.05, 3.63) is 23.3 Å². The summed E-state index contributed by atoms with van der Waals surface area (Å²) in [5, 5.41) is 0. The van der Waals surface area contributed by atoms with Gasteiger partial charge in [0.15, 0.2) is 0 Å². The van der Waals surface area contributed by atoms with Gasteiger partial charge in [0, 0.05) is 0 Å². The second-order valence-corrected chi connectivity index (χ2v) is 3.03. The zero-order valence-corrected chi connectivity index (χ0v) is 7.07. The molecule has 0 aromatic heterocycles. The van der Waals surface area contributed by atoms with Gasteiger partial charge in [0.05, 0.1) is 0 Å². The lowest BCUT2D eigenvalue weighted by Crippen LogP contribution is -1.93. The predicted molar refractivity (Wildman–Crippen MR) is 44.6 cm³/mol. The molecule has 1 radical (unpaired) electrons. The highest BCUT2D eigenvalue weighted by Crippen LogP contribution is 2.27. The Bertz CT molecular complexity index is 170. The van der Waals surface area contributed by atoms with Gasteiger partial charge in [0.25, 0.3) is 0 Å². The molecule has 1 rings (SSSR count). The number of rotatable bonds is 2. The molecule has 1 aliphatic carbocycles. The summed E-state index contributed by atoms with van der Waals surface area (Å²) in [7, 11) is 0. The summed E-state index contributed by atoms with van der Waals surface area (Å²) in [5.41, 5.74) is 2.96. The van der Waals surface area contributed by atoms with Crippen molar-refractivity contribution in [3.63, 3.8) is 0 Å². The highest BCUT2D eigenvalue weighted by Gasteiger charge is 2.10. The van der Waals surface area contributed by atoms with Gasteiger partial charge in [-0.15, -0.1) is 0 Å². The van der Waals surface area contributed by atoms with Crippen LogP contribution < -0.4 is 0 Å². The molecular formula is C10H15. The average molecular weight is 135 g/mol. The monoisotopic (exact) mass is 135 g/mol. The molecule has 0 aromatic carbocycles. The van der Waals surface area contributed by atoms with E-state index in [4.69, 9.17) is 0 Å². The maximum absolute atomic E-state index is 3.36. The van der Waals surface area contributed by atoms with Crippen LogP contribution in [0.3, 0.4) is 0 Å². The molecule has 0 heteroatoms. The summed E-state index contributed by atoms with van der Waals surface area (Å²) >= 11 is 0. The zero-order chi connectivity index (χ0) is 7.56. The summed E-state index contributed by atoms with van der Waals surface area (Å²) in [4.78, 5) is 0. The molecule has 0 aromatic rings. The van der Waals surface area contributed by atoms with Gasteiger partial charge >= 0.3 is 0 Å². The summed E-state index contributed by atoms with van der Waals surface area (Å²) in [6.07, 6.45) is 7.84. The molecule has 0 fully saturated rings. The minimum atomic E-state index is 0.685. The summed E-state index contributed by atoms with van der Waals surface area (Å²) < 4.78 is 0. The molecule has 0 amide bonds. The first-order valence-corrected chi connectivity index (χ1v) is 4.05. The molecule has 0 saturated heterocycles. The molecule has 0 unspecified atom stereocenters. The quantitative estimate of drug-likeness (QED) is 0.545. The van der Waals surface area contributed by atoms with Crippen molar-refractivity contribution in [2.45, 2.75) is 33.6 Å². The SMILES string of the molecule is CCC1=[C]CC=C1C(C)C. The third-order valence-corrected chi connectivity index (χ3v) is 1.96. The first kappa shape index (κ1) is 7.59. The van der Waals surface area contributed by atoms with Crippen LogP contribution in [0.1, 0.15) is 33.6 Å². The van der Waals surface area contributed by atoms with Gasteiger partial charge in [-0.1, -0.05) is 26.8 Å². The number of allylic oxidation sites excluding steroid dienone is 4. The third-order valence-electron chi connectivity index (χ3n) is 1.96. The molecule has 0 saturated carbocycles. The molecular weight excluding hydrogens is 120 g/mol. The summed E-state index contributed by atoms with van der Waals surface area (Å²) in [6, 6.07) is 0. The van der Waals surface area contributed by atoms with E-state index in [9.17, 15) is 0 Å². The maximum Gasteiger partial charge on any atom is -0.00856 e. The predicted octanol–water partition coefficient (Wildman–Crippen LogP) is 3.11. The fourth-order valence-electron chi connectivity index (χ4n) is 1.42. The van der Waals surface area contributed by atoms with Gasteiger partial charge in [0.1, 0.15) is 0 Å². The van der Waals surface area contributed by atoms with Crippen molar-refractivity contribution in [2.75, 3.05) is 0 Å². The number of hydrogen-bond acceptors (Lipinski definition) is 0. The van der Waals surface area contributed by atoms with Crippen LogP contribution in [0, 0.1) is 12.0 Å². The summed E-state index contributed by atoms with van der Waals surface area (Å²) in [6.45, 7) is 6.69. The van der Waals surface area contributed by atoms with Crippen molar-refractivity contribution in [3.8, 4) is 0 Å². The lowest BCUT2D eigenvalue weighted by molar-refractivity contribution is 0.770. The van der Waals surface area contributed by atoms with E-state index in [1.54, 1.807) is 0 Å². The van der Waals surface area contributed by atoms with Crippen LogP contribution in [0.15, 0.2) is 17.2 Å². The van der Waals surface area contributed by atoms with E-state index in [0.29, 0.717) is 5.92 Å². The second-order valence-electron chi connectivity index (χ2n) is 3.03. The first-order chi connectivity index (χ1) is 4.75. The Labute approximate surface area is 63.6 Å². The maximum atomic E-state index is 3.36. The van der Waals surface area contributed by atoms with Gasteiger partial charge in [-0.3, -0.25) is 0 Å². The van der Waals surface area contributed by atoms with Gasteiger partial charge < -0.3 is 0 Å². The van der Waals surface area contributed by atoms with Crippen molar-refractivity contribution in [1.29, 1.82) is 0 Å². The Hall–Kier alpha value is -0.520. The van der Waals surface area contributed by atoms with Crippen LogP contribution in [0.25, 0.3) is 0 Å². The smallest absolute Gasteiger partial charge is 0.00856 e. The molecule has 55 valence electrons. The topological polar surface area (TPSA) is 0 Å². The van der Waals surface area contributed by atoms with Crippen LogP contribution in [0.4, 0.5) is 0 Å². The van der Waals surface area contributed by atoms with E-state index in [1.165, 1.54) is 11.1 Å². The molecule has 0 N–H and O–H groups in total. The molecule has 0 spiro atoms. The molecule has 0 bridgehead atoms. The summed E-state index contributed by atoms with van der Waals surface area (Å²) in [5.74, 6) is 0.685. The molecule has 0 heterocycles. The Morgan fingerprint density at radius 2 is 2.30 bits per heavy atom. The number of hydrogen-bond donors (Lipinski definition) is 0. The Balaban J connectivity index is 2.69. The van der Waals surface area contributed by atoms with Gasteiger partial charge in [-0.05, 0) is 36.0 Å². The fourth-order valence-corrected chi connectivity index (χ4v) is 1.42. The van der Waals surface area contributed by atoms with Crippen LogP contribution in [0.2, 0.25) is 0 Å². The van der Waals surface area contributed by atoms with Crippen molar-refractivity contribution in [1.82, 2.24) is 0 Å². The Kier molecular flexibility index (Phi) is 2.31. The molecule has 0 nitrogen and oxygen atoms in total. The molecule has 10 heavy (non-hydrogen) atoms. The fraction of sp³-hybridized carbons (Fsp3) is 0.600. The Morgan fingerprint density at radius 3 is 2.70 bits per heavy atom. The molecule has 0 atom stereocenters. The van der Waals surface area contributed by atoms with Crippen LogP contribution in [-0.2, 0) is 0 Å². The van der Waals surface area contributed by atoms with Gasteiger partial charge in [-0.25, -0.2) is 0 Å². The van der Waals surface area contributed by atoms with E-state index < -0.39 is 0 Å². The van der Waals surface area contributed by atoms with Crippen LogP contribution >= 0.6 is 0 Å². The van der Waals surface area contributed by atoms with E-state index in [1.807, 2.05) is 0 Å². The van der Waals surface area contributed by atoms with Crippen molar-refractivity contribution >= 4 is 0 Å². The largest absolute Gasteiger partial charge is 0.0763 e. The lowest BCUT2D eigenvalue weighted by atomic mass is 9.97. The van der Waals surface area contributed by atoms with Gasteiger partial charge in [0.2, 0.25) is 0 Å².